The minimum Gasteiger partial charge on any atom is -0.424 e. The lowest BCUT2D eigenvalue weighted by Crippen LogP contribution is -2.13. The summed E-state index contributed by atoms with van der Waals surface area (Å²) in [5.74, 6) is 0.633. The molecule has 0 aliphatic heterocycles. The molecule has 2 aromatic rings. The fourth-order valence-corrected chi connectivity index (χ4v) is 2.42. The van der Waals surface area contributed by atoms with Crippen LogP contribution in [-0.2, 0) is 12.8 Å². The number of nitrogen functional groups attached to an aromatic ring is 1. The van der Waals surface area contributed by atoms with Gasteiger partial charge >= 0.3 is 6.01 Å². The molecule has 1 aliphatic carbocycles. The first kappa shape index (κ1) is 12.6. The van der Waals surface area contributed by atoms with Crippen molar-refractivity contribution in [3.8, 4) is 11.8 Å². The lowest BCUT2D eigenvalue weighted by Gasteiger charge is -2.16. The van der Waals surface area contributed by atoms with E-state index >= 15 is 0 Å². The lowest BCUT2D eigenvalue weighted by molar-refractivity contribution is 0.440. The predicted molar refractivity (Wildman–Crippen MR) is 76.2 cm³/mol. The van der Waals surface area contributed by atoms with Gasteiger partial charge in [0.1, 0.15) is 17.3 Å². The summed E-state index contributed by atoms with van der Waals surface area (Å²) in [6.45, 7) is 0. The van der Waals surface area contributed by atoms with E-state index < -0.39 is 0 Å². The molecule has 0 radical (unpaired) electrons. The van der Waals surface area contributed by atoms with Gasteiger partial charge in [-0.25, -0.2) is 4.98 Å². The Labute approximate surface area is 117 Å². The molecular formula is C15H16N4O. The Bertz CT molecular complexity index is 654. The molecule has 0 spiro atoms. The van der Waals surface area contributed by atoms with E-state index in [1.165, 1.54) is 30.2 Å². The van der Waals surface area contributed by atoms with Crippen LogP contribution in [0.2, 0.25) is 0 Å². The first-order valence-corrected chi connectivity index (χ1v) is 6.69. The third kappa shape index (κ3) is 2.61. The molecule has 102 valence electrons. The summed E-state index contributed by atoms with van der Waals surface area (Å²) in [5, 5.41) is 7.37. The second-order valence-corrected chi connectivity index (χ2v) is 4.88. The molecule has 0 saturated carbocycles. The summed E-state index contributed by atoms with van der Waals surface area (Å²) in [6, 6.07) is 7.90. The SMILES string of the molecule is N=C(N)c1ccnc(Oc2ccc3c(c2)CCCC3)n1. The summed E-state index contributed by atoms with van der Waals surface area (Å²) in [6.07, 6.45) is 6.27. The number of nitrogens with two attached hydrogens (primary N) is 1. The Morgan fingerprint density at radius 1 is 1.15 bits per heavy atom. The maximum absolute atomic E-state index is 7.37. The van der Waals surface area contributed by atoms with Gasteiger partial charge in [-0.15, -0.1) is 0 Å². The van der Waals surface area contributed by atoms with E-state index in [1.54, 1.807) is 6.07 Å². The maximum atomic E-state index is 7.37. The van der Waals surface area contributed by atoms with Crippen molar-refractivity contribution in [2.24, 2.45) is 5.73 Å². The molecule has 3 N–H and O–H groups in total. The number of aromatic nitrogens is 2. The van der Waals surface area contributed by atoms with Gasteiger partial charge in [0, 0.05) is 6.20 Å². The van der Waals surface area contributed by atoms with Crippen molar-refractivity contribution in [3.05, 3.63) is 47.3 Å². The highest BCUT2D eigenvalue weighted by atomic mass is 16.5. The van der Waals surface area contributed by atoms with Crippen LogP contribution < -0.4 is 10.5 Å². The van der Waals surface area contributed by atoms with E-state index in [2.05, 4.69) is 22.1 Å². The van der Waals surface area contributed by atoms with Crippen molar-refractivity contribution >= 4 is 5.84 Å². The molecule has 0 bridgehead atoms. The van der Waals surface area contributed by atoms with Gasteiger partial charge in [-0.2, -0.15) is 4.98 Å². The van der Waals surface area contributed by atoms with Crippen LogP contribution >= 0.6 is 0 Å². The number of rotatable bonds is 3. The molecular weight excluding hydrogens is 252 g/mol. The highest BCUT2D eigenvalue weighted by Crippen LogP contribution is 2.27. The zero-order chi connectivity index (χ0) is 13.9. The standard InChI is InChI=1S/C15H16N4O/c16-14(17)13-7-8-18-15(19-13)20-12-6-5-10-3-1-2-4-11(10)9-12/h5-9H,1-4H2,(H3,16,17). The highest BCUT2D eigenvalue weighted by molar-refractivity contribution is 5.92. The Kier molecular flexibility index (Phi) is 3.33. The first-order valence-electron chi connectivity index (χ1n) is 6.69. The number of hydrogen-bond donors (Lipinski definition) is 2. The molecule has 0 amide bonds. The number of amidine groups is 1. The monoisotopic (exact) mass is 268 g/mol. The molecule has 1 aromatic heterocycles. The number of benzene rings is 1. The molecule has 5 nitrogen and oxygen atoms in total. The summed E-state index contributed by atoms with van der Waals surface area (Å²) >= 11 is 0. The van der Waals surface area contributed by atoms with Crippen LogP contribution in [0, 0.1) is 5.41 Å². The molecule has 1 aliphatic rings. The zero-order valence-corrected chi connectivity index (χ0v) is 11.1. The number of nitrogens with one attached hydrogen (secondary N) is 1. The first-order chi connectivity index (χ1) is 9.72. The quantitative estimate of drug-likeness (QED) is 0.661. The van der Waals surface area contributed by atoms with Gasteiger partial charge in [-0.05, 0) is 55.0 Å². The van der Waals surface area contributed by atoms with Crippen LogP contribution in [0.3, 0.4) is 0 Å². The van der Waals surface area contributed by atoms with Crippen molar-refractivity contribution < 1.29 is 4.74 Å². The van der Waals surface area contributed by atoms with Crippen molar-refractivity contribution in [2.45, 2.75) is 25.7 Å². The molecule has 1 heterocycles. The molecule has 20 heavy (non-hydrogen) atoms. The van der Waals surface area contributed by atoms with Crippen LogP contribution in [0.5, 0.6) is 11.8 Å². The van der Waals surface area contributed by atoms with Gasteiger partial charge in [0.15, 0.2) is 0 Å². The Hall–Kier alpha value is -2.43. The van der Waals surface area contributed by atoms with Crippen LogP contribution in [0.15, 0.2) is 30.5 Å². The molecule has 5 heteroatoms. The normalized spacial score (nSPS) is 13.6. The van der Waals surface area contributed by atoms with Gasteiger partial charge in [0.2, 0.25) is 0 Å². The van der Waals surface area contributed by atoms with Crippen LogP contribution in [-0.4, -0.2) is 15.8 Å². The average molecular weight is 268 g/mol. The Morgan fingerprint density at radius 3 is 2.75 bits per heavy atom. The average Bonchev–Trinajstić information content (AvgIpc) is 2.47. The van der Waals surface area contributed by atoms with E-state index in [9.17, 15) is 0 Å². The topological polar surface area (TPSA) is 84.9 Å². The molecule has 1 aromatic carbocycles. The van der Waals surface area contributed by atoms with E-state index in [0.29, 0.717) is 5.69 Å². The van der Waals surface area contributed by atoms with E-state index in [1.807, 2.05) is 6.07 Å². The summed E-state index contributed by atoms with van der Waals surface area (Å²) in [7, 11) is 0. The predicted octanol–water partition coefficient (Wildman–Crippen LogP) is 2.43. The Balaban J connectivity index is 1.84. The van der Waals surface area contributed by atoms with E-state index in [0.717, 1.165) is 18.6 Å². The van der Waals surface area contributed by atoms with Gasteiger partial charge in [0.05, 0.1) is 0 Å². The minimum atomic E-state index is -0.0947. The Morgan fingerprint density at radius 2 is 1.95 bits per heavy atom. The number of hydrogen-bond acceptors (Lipinski definition) is 4. The molecule has 3 rings (SSSR count). The summed E-state index contributed by atoms with van der Waals surface area (Å²) < 4.78 is 5.66. The zero-order valence-electron chi connectivity index (χ0n) is 11.1. The second kappa shape index (κ2) is 5.28. The molecule has 0 fully saturated rings. The van der Waals surface area contributed by atoms with Crippen molar-refractivity contribution in [1.29, 1.82) is 5.41 Å². The minimum absolute atomic E-state index is 0.0947. The van der Waals surface area contributed by atoms with Crippen molar-refractivity contribution in [2.75, 3.05) is 0 Å². The third-order valence-corrected chi connectivity index (χ3v) is 3.44. The van der Waals surface area contributed by atoms with E-state index in [-0.39, 0.29) is 11.8 Å². The van der Waals surface area contributed by atoms with Gasteiger partial charge < -0.3 is 10.5 Å². The maximum Gasteiger partial charge on any atom is 0.322 e. The number of nitrogens with zero attached hydrogens (tertiary/aromatic N) is 2. The summed E-state index contributed by atoms with van der Waals surface area (Å²) in [5.41, 5.74) is 8.52. The van der Waals surface area contributed by atoms with Gasteiger partial charge in [-0.1, -0.05) is 6.07 Å². The van der Waals surface area contributed by atoms with Crippen LogP contribution in [0.1, 0.15) is 29.7 Å². The molecule has 0 atom stereocenters. The third-order valence-electron chi connectivity index (χ3n) is 3.44. The van der Waals surface area contributed by atoms with Crippen molar-refractivity contribution in [3.63, 3.8) is 0 Å². The second-order valence-electron chi connectivity index (χ2n) is 4.88. The van der Waals surface area contributed by atoms with E-state index in [4.69, 9.17) is 15.9 Å². The van der Waals surface area contributed by atoms with Crippen LogP contribution in [0.25, 0.3) is 0 Å². The number of ether oxygens (including phenoxy) is 1. The van der Waals surface area contributed by atoms with Gasteiger partial charge in [0.25, 0.3) is 0 Å². The number of aryl methyl sites for hydroxylation is 2. The lowest BCUT2D eigenvalue weighted by atomic mass is 9.92. The molecule has 0 unspecified atom stereocenters. The smallest absolute Gasteiger partial charge is 0.322 e. The van der Waals surface area contributed by atoms with Crippen molar-refractivity contribution in [1.82, 2.24) is 9.97 Å². The van der Waals surface area contributed by atoms with Crippen LogP contribution in [0.4, 0.5) is 0 Å². The fourth-order valence-electron chi connectivity index (χ4n) is 2.42. The molecule has 0 saturated heterocycles. The fraction of sp³-hybridized carbons (Fsp3) is 0.267. The van der Waals surface area contributed by atoms with Gasteiger partial charge in [-0.3, -0.25) is 5.41 Å². The number of fused-ring (bicyclic) bond motifs is 1. The highest BCUT2D eigenvalue weighted by Gasteiger charge is 2.11. The summed E-state index contributed by atoms with van der Waals surface area (Å²) in [4.78, 5) is 8.14. The largest absolute Gasteiger partial charge is 0.424 e.